The van der Waals surface area contributed by atoms with E-state index >= 15 is 0 Å². The molecule has 4 rings (SSSR count). The number of hydrogen-bond donors (Lipinski definition) is 4. The number of carbonyl (C=O) groups excluding carboxylic acids is 2. The maximum atomic E-state index is 12.5. The predicted octanol–water partition coefficient (Wildman–Crippen LogP) is 4.33. The molecule has 4 N–H and O–H groups in total. The van der Waals surface area contributed by atoms with Gasteiger partial charge in [-0.25, -0.2) is 4.52 Å². The second kappa shape index (κ2) is 11.8. The minimum absolute atomic E-state index is 0.0877. The zero-order valence-corrected chi connectivity index (χ0v) is 22.5. The summed E-state index contributed by atoms with van der Waals surface area (Å²) in [7, 11) is 0. The lowest BCUT2D eigenvalue weighted by Crippen LogP contribution is -2.38. The highest BCUT2D eigenvalue weighted by molar-refractivity contribution is 5.95. The number of halogens is 3. The van der Waals surface area contributed by atoms with Crippen LogP contribution in [0.2, 0.25) is 0 Å². The van der Waals surface area contributed by atoms with Crippen LogP contribution in [0, 0.1) is 0 Å². The number of aliphatic hydroxyl groups is 1. The first kappa shape index (κ1) is 29.3. The number of aromatic nitrogens is 3. The van der Waals surface area contributed by atoms with Crippen molar-refractivity contribution < 1.29 is 32.6 Å². The molecule has 2 aromatic heterocycles. The quantitative estimate of drug-likeness (QED) is 0.223. The van der Waals surface area contributed by atoms with E-state index in [0.717, 1.165) is 11.1 Å². The van der Waals surface area contributed by atoms with Crippen LogP contribution in [0.5, 0.6) is 5.75 Å². The summed E-state index contributed by atoms with van der Waals surface area (Å²) in [6.45, 7) is 4.05. The zero-order valence-electron chi connectivity index (χ0n) is 22.5. The van der Waals surface area contributed by atoms with E-state index in [0.29, 0.717) is 29.3 Å². The lowest BCUT2D eigenvalue weighted by atomic mass is 10.1. The molecule has 0 unspecified atom stereocenters. The minimum atomic E-state index is -4.49. The molecular formula is C28H29F3N6O4. The van der Waals surface area contributed by atoms with Crippen LogP contribution in [0.4, 0.5) is 24.8 Å². The fourth-order valence-electron chi connectivity index (χ4n) is 3.76. The van der Waals surface area contributed by atoms with E-state index in [4.69, 9.17) is 4.74 Å². The number of nitrogens with one attached hydrogen (secondary N) is 3. The third-order valence-electron chi connectivity index (χ3n) is 5.73. The second-order valence-corrected chi connectivity index (χ2v) is 9.80. The third kappa shape index (κ3) is 7.94. The Kier molecular flexibility index (Phi) is 8.47. The number of rotatable bonds is 10. The van der Waals surface area contributed by atoms with Gasteiger partial charge in [-0.3, -0.25) is 9.59 Å². The molecule has 2 aromatic carbocycles. The Morgan fingerprint density at radius 1 is 0.927 bits per heavy atom. The summed E-state index contributed by atoms with van der Waals surface area (Å²) in [6.07, 6.45) is -2.76. The van der Waals surface area contributed by atoms with Crippen molar-refractivity contribution in [3.8, 4) is 16.9 Å². The van der Waals surface area contributed by atoms with Gasteiger partial charge in [0.05, 0.1) is 17.9 Å². The van der Waals surface area contributed by atoms with Gasteiger partial charge in [0.2, 0.25) is 5.95 Å². The van der Waals surface area contributed by atoms with Gasteiger partial charge in [-0.2, -0.15) is 18.2 Å². The summed E-state index contributed by atoms with van der Waals surface area (Å²) in [5.74, 6) is -0.472. The highest BCUT2D eigenvalue weighted by atomic mass is 19.4. The summed E-state index contributed by atoms with van der Waals surface area (Å²) in [5, 5.41) is 22.0. The molecule has 0 bridgehead atoms. The number of ether oxygens (including phenoxy) is 1. The number of carbonyl (C=O) groups is 2. The standard InChI is InChI=1S/C28H29F3N6O4/c1-4-41-22-13-19(25(39)32-15-27(2,3)40)9-11-21(22)34-26-35-23-12-10-20(14-37(23)36-26)17-5-7-18(8-6-17)24(38)33-16-28(29,30)31/h5-14,40H,4,15-16H2,1-3H3,(H,32,39)(H,33,38)(H,34,36). The number of fused-ring (bicyclic) bond motifs is 1. The molecule has 4 aromatic rings. The van der Waals surface area contributed by atoms with Gasteiger partial charge in [0.15, 0.2) is 5.65 Å². The van der Waals surface area contributed by atoms with Crippen LogP contribution >= 0.6 is 0 Å². The zero-order chi connectivity index (χ0) is 29.8. The van der Waals surface area contributed by atoms with E-state index in [1.807, 2.05) is 12.2 Å². The number of amides is 2. The summed E-state index contributed by atoms with van der Waals surface area (Å²) < 4.78 is 44.4. The molecule has 0 spiro atoms. The molecule has 0 atom stereocenters. The van der Waals surface area contributed by atoms with E-state index in [1.165, 1.54) is 12.1 Å². The molecular weight excluding hydrogens is 541 g/mol. The van der Waals surface area contributed by atoms with Crippen molar-refractivity contribution >= 4 is 29.1 Å². The topological polar surface area (TPSA) is 130 Å². The molecule has 216 valence electrons. The fourth-order valence-corrected chi connectivity index (χ4v) is 3.76. The molecule has 10 nitrogen and oxygen atoms in total. The smallest absolute Gasteiger partial charge is 0.405 e. The summed E-state index contributed by atoms with van der Waals surface area (Å²) in [4.78, 5) is 29.0. The van der Waals surface area contributed by atoms with Crippen LogP contribution in [0.15, 0.2) is 60.8 Å². The number of benzene rings is 2. The molecule has 0 radical (unpaired) electrons. The van der Waals surface area contributed by atoms with Crippen LogP contribution in [-0.4, -0.2) is 63.0 Å². The third-order valence-corrected chi connectivity index (χ3v) is 5.73. The van der Waals surface area contributed by atoms with Crippen LogP contribution in [0.1, 0.15) is 41.5 Å². The fraction of sp³-hybridized carbons (Fsp3) is 0.286. The van der Waals surface area contributed by atoms with Crippen LogP contribution in [0.3, 0.4) is 0 Å². The molecule has 0 fully saturated rings. The Hall–Kier alpha value is -4.65. The Morgan fingerprint density at radius 3 is 2.22 bits per heavy atom. The highest BCUT2D eigenvalue weighted by Crippen LogP contribution is 2.29. The highest BCUT2D eigenvalue weighted by Gasteiger charge is 2.28. The summed E-state index contributed by atoms with van der Waals surface area (Å²) in [5.41, 5.74) is 1.97. The lowest BCUT2D eigenvalue weighted by Gasteiger charge is -2.18. The van der Waals surface area contributed by atoms with Crippen LogP contribution in [-0.2, 0) is 0 Å². The van der Waals surface area contributed by atoms with E-state index in [9.17, 15) is 27.9 Å². The molecule has 2 amide bonds. The van der Waals surface area contributed by atoms with Crippen molar-refractivity contribution in [2.45, 2.75) is 32.5 Å². The number of pyridine rings is 1. The van der Waals surface area contributed by atoms with Crippen molar-refractivity contribution in [2.75, 3.05) is 25.0 Å². The monoisotopic (exact) mass is 570 g/mol. The first-order valence-electron chi connectivity index (χ1n) is 12.7. The molecule has 0 saturated carbocycles. The Balaban J connectivity index is 1.49. The van der Waals surface area contributed by atoms with E-state index in [2.05, 4.69) is 20.7 Å². The Bertz CT molecular complexity index is 1550. The maximum absolute atomic E-state index is 12.5. The summed E-state index contributed by atoms with van der Waals surface area (Å²) in [6, 6.07) is 14.6. The van der Waals surface area contributed by atoms with Gasteiger partial charge in [0, 0.05) is 29.4 Å². The van der Waals surface area contributed by atoms with Crippen LogP contribution in [0.25, 0.3) is 16.8 Å². The van der Waals surface area contributed by atoms with Crippen molar-refractivity contribution in [3.05, 3.63) is 71.9 Å². The van der Waals surface area contributed by atoms with Gasteiger partial charge < -0.3 is 25.8 Å². The largest absolute Gasteiger partial charge is 0.492 e. The van der Waals surface area contributed by atoms with Gasteiger partial charge in [-0.05, 0) is 68.8 Å². The summed E-state index contributed by atoms with van der Waals surface area (Å²) >= 11 is 0. The number of hydrogen-bond acceptors (Lipinski definition) is 7. The second-order valence-electron chi connectivity index (χ2n) is 9.80. The van der Waals surface area contributed by atoms with Crippen molar-refractivity contribution in [3.63, 3.8) is 0 Å². The average Bonchev–Trinajstić information content (AvgIpc) is 3.32. The van der Waals surface area contributed by atoms with Gasteiger partial charge in [0.25, 0.3) is 11.8 Å². The Labute approximate surface area is 233 Å². The molecule has 0 saturated heterocycles. The van der Waals surface area contributed by atoms with Crippen molar-refractivity contribution in [2.24, 2.45) is 0 Å². The molecule has 13 heteroatoms. The maximum Gasteiger partial charge on any atom is 0.405 e. The number of anilines is 2. The Morgan fingerprint density at radius 2 is 1.56 bits per heavy atom. The van der Waals surface area contributed by atoms with Gasteiger partial charge >= 0.3 is 6.18 Å². The van der Waals surface area contributed by atoms with Gasteiger partial charge in [0.1, 0.15) is 12.3 Å². The van der Waals surface area contributed by atoms with Crippen molar-refractivity contribution in [1.29, 1.82) is 0 Å². The molecule has 2 heterocycles. The van der Waals surface area contributed by atoms with E-state index in [-0.39, 0.29) is 24.0 Å². The van der Waals surface area contributed by atoms with Crippen LogP contribution < -0.4 is 20.7 Å². The average molecular weight is 571 g/mol. The molecule has 41 heavy (non-hydrogen) atoms. The molecule has 0 aliphatic heterocycles. The molecule has 0 aliphatic carbocycles. The first-order valence-corrected chi connectivity index (χ1v) is 12.7. The normalized spacial score (nSPS) is 11.8. The minimum Gasteiger partial charge on any atom is -0.492 e. The number of nitrogens with zero attached hydrogens (tertiary/aromatic N) is 3. The van der Waals surface area contributed by atoms with Gasteiger partial charge in [-0.1, -0.05) is 12.1 Å². The first-order chi connectivity index (χ1) is 19.3. The van der Waals surface area contributed by atoms with E-state index < -0.39 is 24.2 Å². The molecule has 0 aliphatic rings. The predicted molar refractivity (Wildman–Crippen MR) is 146 cm³/mol. The van der Waals surface area contributed by atoms with Gasteiger partial charge in [-0.15, -0.1) is 5.10 Å². The van der Waals surface area contributed by atoms with Crippen molar-refractivity contribution in [1.82, 2.24) is 25.2 Å². The SMILES string of the molecule is CCOc1cc(C(=O)NCC(C)(C)O)ccc1Nc1nc2ccc(-c3ccc(C(=O)NCC(F)(F)F)cc3)cn2n1. The lowest BCUT2D eigenvalue weighted by molar-refractivity contribution is -0.123. The van der Waals surface area contributed by atoms with E-state index in [1.54, 1.807) is 67.0 Å². The number of alkyl halides is 3.